The molecule has 0 aliphatic rings. The summed E-state index contributed by atoms with van der Waals surface area (Å²) < 4.78 is 4.74. The van der Waals surface area contributed by atoms with Gasteiger partial charge in [0, 0.05) is 0 Å². The van der Waals surface area contributed by atoms with Gasteiger partial charge in [0.25, 0.3) is 0 Å². The highest BCUT2D eigenvalue weighted by Gasteiger charge is 2.38. The van der Waals surface area contributed by atoms with Crippen molar-refractivity contribution in [2.24, 2.45) is 0 Å². The Kier molecular flexibility index (Phi) is 4.33. The van der Waals surface area contributed by atoms with Gasteiger partial charge in [0.2, 0.25) is 0 Å². The normalized spacial score (nSPS) is 16.2. The maximum Gasteiger partial charge on any atom is 0.337 e. The van der Waals surface area contributed by atoms with Crippen LogP contribution in [0.2, 0.25) is 0 Å². The second kappa shape index (κ2) is 5.32. The largest absolute Gasteiger partial charge is 0.464 e. The highest BCUT2D eigenvalue weighted by molar-refractivity contribution is 6.25. The third-order valence-electron chi connectivity index (χ3n) is 2.36. The number of hydrogen-bond acceptors (Lipinski definition) is 3. The summed E-state index contributed by atoms with van der Waals surface area (Å²) in [6.45, 7) is 3.49. The van der Waals surface area contributed by atoms with E-state index in [4.69, 9.17) is 16.3 Å². The molecule has 0 saturated carbocycles. The van der Waals surface area contributed by atoms with Crippen LogP contribution in [0.25, 0.3) is 0 Å². The average Bonchev–Trinajstić information content (AvgIpc) is 2.29. The number of rotatable bonds is 4. The standard InChI is InChI=1S/C12H15ClO3/c1-3-16-11(15)10(14)12(2,13)9-7-5-4-6-8-9/h4-8,10,14H,3H2,1-2H3/t10-,12-/m0/s1. The molecule has 1 N–H and O–H groups in total. The van der Waals surface area contributed by atoms with Gasteiger partial charge in [-0.15, -0.1) is 11.6 Å². The first-order valence-corrected chi connectivity index (χ1v) is 5.47. The Balaban J connectivity index is 2.89. The van der Waals surface area contributed by atoms with Crippen LogP contribution in [-0.4, -0.2) is 23.8 Å². The van der Waals surface area contributed by atoms with E-state index in [0.29, 0.717) is 5.56 Å². The fraction of sp³-hybridized carbons (Fsp3) is 0.417. The van der Waals surface area contributed by atoms with E-state index in [1.807, 2.05) is 6.07 Å². The van der Waals surface area contributed by atoms with E-state index < -0.39 is 16.9 Å². The predicted molar refractivity (Wildman–Crippen MR) is 62.3 cm³/mol. The van der Waals surface area contributed by atoms with Gasteiger partial charge in [-0.2, -0.15) is 0 Å². The molecule has 0 saturated heterocycles. The summed E-state index contributed by atoms with van der Waals surface area (Å²) in [5.41, 5.74) is 0.678. The van der Waals surface area contributed by atoms with Gasteiger partial charge in [-0.3, -0.25) is 0 Å². The van der Waals surface area contributed by atoms with Crippen LogP contribution < -0.4 is 0 Å². The molecule has 1 aromatic carbocycles. The Labute approximate surface area is 100.0 Å². The van der Waals surface area contributed by atoms with Crippen molar-refractivity contribution in [2.75, 3.05) is 6.61 Å². The Morgan fingerprint density at radius 1 is 1.50 bits per heavy atom. The second-order valence-electron chi connectivity index (χ2n) is 3.60. The topological polar surface area (TPSA) is 46.5 Å². The Hall–Kier alpha value is -1.06. The van der Waals surface area contributed by atoms with Crippen LogP contribution in [0.4, 0.5) is 0 Å². The monoisotopic (exact) mass is 242 g/mol. The van der Waals surface area contributed by atoms with E-state index in [1.165, 1.54) is 0 Å². The lowest BCUT2D eigenvalue weighted by Gasteiger charge is -2.26. The van der Waals surface area contributed by atoms with E-state index in [-0.39, 0.29) is 6.61 Å². The van der Waals surface area contributed by atoms with Crippen LogP contribution in [0.5, 0.6) is 0 Å². The fourth-order valence-corrected chi connectivity index (χ4v) is 1.58. The quantitative estimate of drug-likeness (QED) is 0.650. The minimum Gasteiger partial charge on any atom is -0.464 e. The third kappa shape index (κ3) is 2.74. The maximum atomic E-state index is 11.4. The lowest BCUT2D eigenvalue weighted by Crippen LogP contribution is -2.39. The van der Waals surface area contributed by atoms with Crippen molar-refractivity contribution in [2.45, 2.75) is 24.8 Å². The number of aliphatic hydroxyl groups is 1. The SMILES string of the molecule is CCOC(=O)[C@H](O)[C@@](C)(Cl)c1ccccc1. The highest BCUT2D eigenvalue weighted by atomic mass is 35.5. The first-order valence-electron chi connectivity index (χ1n) is 5.09. The highest BCUT2D eigenvalue weighted by Crippen LogP contribution is 2.32. The molecule has 0 spiro atoms. The number of esters is 1. The van der Waals surface area contributed by atoms with Crippen LogP contribution in [-0.2, 0) is 14.4 Å². The summed E-state index contributed by atoms with van der Waals surface area (Å²) in [5, 5.41) is 9.82. The Morgan fingerprint density at radius 3 is 2.56 bits per heavy atom. The van der Waals surface area contributed by atoms with Gasteiger partial charge < -0.3 is 9.84 Å². The molecule has 0 amide bonds. The number of hydrogen-bond donors (Lipinski definition) is 1. The smallest absolute Gasteiger partial charge is 0.337 e. The zero-order chi connectivity index (χ0) is 12.2. The van der Waals surface area contributed by atoms with Crippen molar-refractivity contribution >= 4 is 17.6 Å². The lowest BCUT2D eigenvalue weighted by molar-refractivity contribution is -0.154. The number of carbonyl (C=O) groups is 1. The summed E-state index contributed by atoms with van der Waals surface area (Å²) in [7, 11) is 0. The first kappa shape index (κ1) is 13.0. The van der Waals surface area contributed by atoms with Crippen molar-refractivity contribution in [1.29, 1.82) is 0 Å². The van der Waals surface area contributed by atoms with E-state index in [0.717, 1.165) is 0 Å². The van der Waals surface area contributed by atoms with Crippen molar-refractivity contribution in [3.05, 3.63) is 35.9 Å². The van der Waals surface area contributed by atoms with Crippen LogP contribution in [0, 0.1) is 0 Å². The first-order chi connectivity index (χ1) is 7.50. The average molecular weight is 243 g/mol. The molecule has 1 rings (SSSR count). The molecule has 0 aliphatic heterocycles. The van der Waals surface area contributed by atoms with Gasteiger partial charge in [-0.1, -0.05) is 30.3 Å². The number of benzene rings is 1. The van der Waals surface area contributed by atoms with E-state index >= 15 is 0 Å². The van der Waals surface area contributed by atoms with Crippen LogP contribution >= 0.6 is 11.6 Å². The number of ether oxygens (including phenoxy) is 1. The van der Waals surface area contributed by atoms with Gasteiger partial charge >= 0.3 is 5.97 Å². The summed E-state index contributed by atoms with van der Waals surface area (Å²) in [5.74, 6) is -0.705. The Bertz CT molecular complexity index is 349. The summed E-state index contributed by atoms with van der Waals surface area (Å²) in [4.78, 5) is 10.2. The molecule has 16 heavy (non-hydrogen) atoms. The van der Waals surface area contributed by atoms with Crippen LogP contribution in [0.3, 0.4) is 0 Å². The Morgan fingerprint density at radius 2 is 2.06 bits per heavy atom. The third-order valence-corrected chi connectivity index (χ3v) is 2.79. The van der Waals surface area contributed by atoms with Gasteiger partial charge in [0.1, 0.15) is 4.87 Å². The van der Waals surface area contributed by atoms with Crippen LogP contribution in [0.15, 0.2) is 30.3 Å². The number of halogens is 1. The molecule has 3 nitrogen and oxygen atoms in total. The summed E-state index contributed by atoms with van der Waals surface area (Å²) >= 11 is 6.19. The number of aliphatic hydroxyl groups excluding tert-OH is 1. The van der Waals surface area contributed by atoms with E-state index in [2.05, 4.69) is 0 Å². The molecule has 0 bridgehead atoms. The van der Waals surface area contributed by atoms with Crippen molar-refractivity contribution in [3.8, 4) is 0 Å². The molecule has 0 fully saturated rings. The molecule has 1 aromatic rings. The van der Waals surface area contributed by atoms with Crippen LogP contribution in [0.1, 0.15) is 19.4 Å². The van der Waals surface area contributed by atoms with Gasteiger partial charge in [-0.05, 0) is 19.4 Å². The minimum absolute atomic E-state index is 0.220. The number of alkyl halides is 1. The zero-order valence-corrected chi connectivity index (χ0v) is 10.1. The molecule has 0 aliphatic carbocycles. The second-order valence-corrected chi connectivity index (χ2v) is 4.38. The van der Waals surface area contributed by atoms with E-state index in [1.54, 1.807) is 38.1 Å². The molecular formula is C12H15ClO3. The fourth-order valence-electron chi connectivity index (χ4n) is 1.36. The molecule has 0 aromatic heterocycles. The molecule has 88 valence electrons. The number of carbonyl (C=O) groups excluding carboxylic acids is 1. The zero-order valence-electron chi connectivity index (χ0n) is 9.31. The molecule has 4 heteroatoms. The minimum atomic E-state index is -1.38. The van der Waals surface area contributed by atoms with Gasteiger partial charge in [0.05, 0.1) is 6.61 Å². The van der Waals surface area contributed by atoms with Crippen molar-refractivity contribution < 1.29 is 14.6 Å². The van der Waals surface area contributed by atoms with E-state index in [9.17, 15) is 9.90 Å². The maximum absolute atomic E-state index is 11.4. The summed E-state index contributed by atoms with van der Waals surface area (Å²) in [6, 6.07) is 8.96. The molecule has 2 atom stereocenters. The van der Waals surface area contributed by atoms with Gasteiger partial charge in [0.15, 0.2) is 6.10 Å². The lowest BCUT2D eigenvalue weighted by atomic mass is 9.94. The molecule has 0 radical (unpaired) electrons. The molecular weight excluding hydrogens is 228 g/mol. The van der Waals surface area contributed by atoms with Gasteiger partial charge in [-0.25, -0.2) is 4.79 Å². The summed E-state index contributed by atoms with van der Waals surface area (Å²) in [6.07, 6.45) is -1.38. The van der Waals surface area contributed by atoms with Crippen molar-refractivity contribution in [3.63, 3.8) is 0 Å². The molecule has 0 unspecified atom stereocenters. The van der Waals surface area contributed by atoms with Crippen molar-refractivity contribution in [1.82, 2.24) is 0 Å². The predicted octanol–water partition coefficient (Wildman–Crippen LogP) is 2.06. The molecule has 0 heterocycles.